The number of allylic oxidation sites excluding steroid dienone is 26. The fraction of sp³-hybridized carbons (Fsp3) is 0.569. The summed E-state index contributed by atoms with van der Waals surface area (Å²) >= 11 is 0. The molecule has 5 nitrogen and oxygen atoms in total. The van der Waals surface area contributed by atoms with E-state index in [1.807, 2.05) is 0 Å². The molecule has 0 aromatic carbocycles. The standard InChI is InChI=1S/C65H102O5/c1-3-5-7-9-11-13-15-17-19-21-23-25-26-27-28-29-30-31-32-33-34-35-36-37-38-40-42-44-46-48-50-52-54-56-58-60-65(68)70-63(61-66)62-69-64(67)59-57-55-53-51-49-47-45-43-41-39-24-22-20-18-16-14-12-10-8-6-4-2/h5-8,11-14,17-20,23-25,27-28,30-31,33-34,36-37,39,43,45,63,66H,3-4,9-10,15-16,21-22,26,29,32,35,38,40-42,44,46-62H2,1-2H3/b7-5-,8-6-,13-11-,14-12-,19-17-,20-18-,25-23-,28-27-,31-30-,34-33-,37-36-,39-24-,45-43-. The van der Waals surface area contributed by atoms with E-state index in [9.17, 15) is 14.7 Å². The molecule has 0 spiro atoms. The van der Waals surface area contributed by atoms with Crippen LogP contribution in [0.25, 0.3) is 0 Å². The molecule has 1 unspecified atom stereocenters. The van der Waals surface area contributed by atoms with E-state index in [1.165, 1.54) is 51.4 Å². The summed E-state index contributed by atoms with van der Waals surface area (Å²) < 4.78 is 10.7. The van der Waals surface area contributed by atoms with Gasteiger partial charge in [-0.1, -0.05) is 242 Å². The first-order valence-electron chi connectivity index (χ1n) is 28.0. The van der Waals surface area contributed by atoms with E-state index in [-0.39, 0.29) is 25.2 Å². The maximum Gasteiger partial charge on any atom is 0.306 e. The minimum atomic E-state index is -0.796. The van der Waals surface area contributed by atoms with Crippen molar-refractivity contribution < 1.29 is 24.2 Å². The Morgan fingerprint density at radius 1 is 0.329 bits per heavy atom. The molecule has 0 saturated heterocycles. The number of aliphatic hydroxyl groups is 1. The second kappa shape index (κ2) is 58.8. The topological polar surface area (TPSA) is 72.8 Å². The largest absolute Gasteiger partial charge is 0.462 e. The number of ether oxygens (including phenoxy) is 2. The second-order valence-electron chi connectivity index (χ2n) is 17.9. The minimum absolute atomic E-state index is 0.0878. The van der Waals surface area contributed by atoms with Crippen LogP contribution < -0.4 is 0 Å². The second-order valence-corrected chi connectivity index (χ2v) is 17.9. The van der Waals surface area contributed by atoms with Crippen molar-refractivity contribution in [2.75, 3.05) is 13.2 Å². The van der Waals surface area contributed by atoms with Crippen LogP contribution >= 0.6 is 0 Å². The predicted octanol–water partition coefficient (Wildman–Crippen LogP) is 19.2. The molecule has 392 valence electrons. The predicted molar refractivity (Wildman–Crippen MR) is 306 cm³/mol. The van der Waals surface area contributed by atoms with Gasteiger partial charge in [-0.3, -0.25) is 9.59 Å². The van der Waals surface area contributed by atoms with E-state index >= 15 is 0 Å². The third kappa shape index (κ3) is 56.1. The number of unbranched alkanes of at least 4 members (excludes halogenated alkanes) is 15. The van der Waals surface area contributed by atoms with Crippen molar-refractivity contribution in [2.24, 2.45) is 0 Å². The van der Waals surface area contributed by atoms with Gasteiger partial charge in [0, 0.05) is 12.8 Å². The first-order chi connectivity index (χ1) is 34.6. The van der Waals surface area contributed by atoms with Gasteiger partial charge in [0.2, 0.25) is 0 Å². The summed E-state index contributed by atoms with van der Waals surface area (Å²) in [7, 11) is 0. The quantitative estimate of drug-likeness (QED) is 0.0374. The number of hydrogen-bond acceptors (Lipinski definition) is 5. The van der Waals surface area contributed by atoms with Crippen molar-refractivity contribution in [3.8, 4) is 0 Å². The Labute approximate surface area is 430 Å². The van der Waals surface area contributed by atoms with Gasteiger partial charge < -0.3 is 14.6 Å². The Bertz CT molecular complexity index is 1560. The summed E-state index contributed by atoms with van der Waals surface area (Å²) in [5.41, 5.74) is 0. The molecule has 1 atom stereocenters. The lowest BCUT2D eigenvalue weighted by Crippen LogP contribution is -2.28. The van der Waals surface area contributed by atoms with E-state index in [0.717, 1.165) is 141 Å². The van der Waals surface area contributed by atoms with Crippen LogP contribution in [0.15, 0.2) is 158 Å². The molecule has 0 bridgehead atoms. The highest BCUT2D eigenvalue weighted by Crippen LogP contribution is 2.14. The molecule has 0 heterocycles. The summed E-state index contributed by atoms with van der Waals surface area (Å²) in [6.07, 6.45) is 90.6. The van der Waals surface area contributed by atoms with Crippen LogP contribution in [0.2, 0.25) is 0 Å². The average Bonchev–Trinajstić information content (AvgIpc) is 3.36. The van der Waals surface area contributed by atoms with Crippen LogP contribution in [0.4, 0.5) is 0 Å². The summed E-state index contributed by atoms with van der Waals surface area (Å²) in [5, 5.41) is 9.65. The number of aliphatic hydroxyl groups excluding tert-OH is 1. The van der Waals surface area contributed by atoms with Crippen LogP contribution in [0, 0.1) is 0 Å². The molecule has 0 fully saturated rings. The number of carbonyl (C=O) groups excluding carboxylic acids is 2. The number of esters is 2. The van der Waals surface area contributed by atoms with Crippen LogP contribution in [0.5, 0.6) is 0 Å². The maximum atomic E-state index is 12.3. The first-order valence-corrected chi connectivity index (χ1v) is 28.0. The Morgan fingerprint density at radius 2 is 0.571 bits per heavy atom. The molecule has 0 amide bonds. The van der Waals surface area contributed by atoms with E-state index in [0.29, 0.717) is 12.8 Å². The lowest BCUT2D eigenvalue weighted by Gasteiger charge is -2.15. The first kappa shape index (κ1) is 65.5. The van der Waals surface area contributed by atoms with Gasteiger partial charge in [0.25, 0.3) is 0 Å². The highest BCUT2D eigenvalue weighted by Gasteiger charge is 2.16. The zero-order chi connectivity index (χ0) is 50.6. The molecule has 0 radical (unpaired) electrons. The molecule has 0 saturated carbocycles. The number of carbonyl (C=O) groups is 2. The Hall–Kier alpha value is -4.48. The molecule has 0 aliphatic carbocycles. The molecule has 5 heteroatoms. The van der Waals surface area contributed by atoms with Gasteiger partial charge in [0.15, 0.2) is 6.10 Å². The maximum absolute atomic E-state index is 12.3. The molecule has 0 aliphatic rings. The normalized spacial score (nSPS) is 13.5. The SMILES string of the molecule is CC/C=C\C/C=C\C/C=C\C/C=C\C/C=C\C/C=C\C/C=C\C/C=C\CCCCCCCCCCCCC(=O)OC(CO)COC(=O)CCCCCCC/C=C\C/C=C\C/C=C\C/C=C\C/C=C\CC. The van der Waals surface area contributed by atoms with Crippen LogP contribution in [0.1, 0.15) is 219 Å². The van der Waals surface area contributed by atoms with Crippen LogP contribution in [-0.2, 0) is 19.1 Å². The highest BCUT2D eigenvalue weighted by atomic mass is 16.6. The van der Waals surface area contributed by atoms with Gasteiger partial charge >= 0.3 is 11.9 Å². The molecule has 70 heavy (non-hydrogen) atoms. The molecular weight excluding hydrogens is 861 g/mol. The van der Waals surface area contributed by atoms with Crippen LogP contribution in [0.3, 0.4) is 0 Å². The summed E-state index contributed by atoms with van der Waals surface area (Å²) in [6, 6.07) is 0. The van der Waals surface area contributed by atoms with Crippen LogP contribution in [-0.4, -0.2) is 36.4 Å². The van der Waals surface area contributed by atoms with Crippen molar-refractivity contribution in [1.82, 2.24) is 0 Å². The number of rotatable bonds is 49. The van der Waals surface area contributed by atoms with E-state index in [4.69, 9.17) is 9.47 Å². The number of hydrogen-bond donors (Lipinski definition) is 1. The van der Waals surface area contributed by atoms with Crippen molar-refractivity contribution in [1.29, 1.82) is 0 Å². The van der Waals surface area contributed by atoms with Gasteiger partial charge in [-0.15, -0.1) is 0 Å². The zero-order valence-corrected chi connectivity index (χ0v) is 44.7. The van der Waals surface area contributed by atoms with Gasteiger partial charge in [-0.05, 0) is 122 Å². The molecule has 0 rings (SSSR count). The monoisotopic (exact) mass is 963 g/mol. The minimum Gasteiger partial charge on any atom is -0.462 e. The van der Waals surface area contributed by atoms with Gasteiger partial charge in [-0.2, -0.15) is 0 Å². The smallest absolute Gasteiger partial charge is 0.306 e. The summed E-state index contributed by atoms with van der Waals surface area (Å²) in [4.78, 5) is 24.5. The summed E-state index contributed by atoms with van der Waals surface area (Å²) in [5.74, 6) is -0.628. The van der Waals surface area contributed by atoms with Crippen molar-refractivity contribution in [2.45, 2.75) is 225 Å². The fourth-order valence-electron chi connectivity index (χ4n) is 7.18. The summed E-state index contributed by atoms with van der Waals surface area (Å²) in [6.45, 7) is 3.88. The molecule has 0 aromatic heterocycles. The molecular formula is C65H102O5. The fourth-order valence-corrected chi connectivity index (χ4v) is 7.18. The third-order valence-electron chi connectivity index (χ3n) is 11.3. The molecule has 0 aromatic rings. The van der Waals surface area contributed by atoms with Gasteiger partial charge in [0.05, 0.1) is 6.61 Å². The highest BCUT2D eigenvalue weighted by molar-refractivity contribution is 5.70. The van der Waals surface area contributed by atoms with E-state index in [1.54, 1.807) is 0 Å². The molecule has 1 N–H and O–H groups in total. The Kier molecular flexibility index (Phi) is 55.1. The Balaban J connectivity index is 3.61. The lowest BCUT2D eigenvalue weighted by atomic mass is 10.0. The van der Waals surface area contributed by atoms with Crippen molar-refractivity contribution >= 4 is 11.9 Å². The molecule has 0 aliphatic heterocycles. The van der Waals surface area contributed by atoms with Gasteiger partial charge in [0.1, 0.15) is 6.61 Å². The Morgan fingerprint density at radius 3 is 0.857 bits per heavy atom. The van der Waals surface area contributed by atoms with Crippen molar-refractivity contribution in [3.63, 3.8) is 0 Å². The zero-order valence-electron chi connectivity index (χ0n) is 44.7. The van der Waals surface area contributed by atoms with Crippen molar-refractivity contribution in [3.05, 3.63) is 158 Å². The average molecular weight is 964 g/mol. The third-order valence-corrected chi connectivity index (χ3v) is 11.3. The lowest BCUT2D eigenvalue weighted by molar-refractivity contribution is -0.161. The van der Waals surface area contributed by atoms with Gasteiger partial charge in [-0.25, -0.2) is 0 Å². The van der Waals surface area contributed by atoms with E-state index in [2.05, 4.69) is 172 Å². The van der Waals surface area contributed by atoms with E-state index < -0.39 is 6.10 Å².